The van der Waals surface area contributed by atoms with E-state index in [4.69, 9.17) is 10.8 Å². The number of amides is 1. The lowest BCUT2D eigenvalue weighted by Gasteiger charge is -2.16. The Balaban J connectivity index is 2.17. The number of hydrogen-bond acceptors (Lipinski definition) is 3. The van der Waals surface area contributed by atoms with E-state index in [0.717, 1.165) is 11.3 Å². The number of anilines is 1. The molecule has 5 heteroatoms. The van der Waals surface area contributed by atoms with Crippen LogP contribution in [0.3, 0.4) is 0 Å². The number of carbonyl (C=O) groups excluding carboxylic acids is 1. The number of nitrogens with zero attached hydrogens (tertiary/aromatic N) is 1. The number of rotatable bonds is 3. The molecule has 0 aliphatic carbocycles. The third kappa shape index (κ3) is 2.29. The lowest BCUT2D eigenvalue weighted by Crippen LogP contribution is -2.25. The van der Waals surface area contributed by atoms with Crippen LogP contribution in [0.1, 0.15) is 12.0 Å². The van der Waals surface area contributed by atoms with E-state index in [1.807, 2.05) is 12.1 Å². The zero-order valence-electron chi connectivity index (χ0n) is 9.30. The van der Waals surface area contributed by atoms with Crippen LogP contribution >= 0.6 is 0 Å². The molecule has 3 N–H and O–H groups in total. The smallest absolute Gasteiger partial charge is 0.308 e. The first-order valence-corrected chi connectivity index (χ1v) is 5.44. The molecule has 1 aromatic rings. The number of carbonyl (C=O) groups is 2. The van der Waals surface area contributed by atoms with Gasteiger partial charge in [0.1, 0.15) is 0 Å². The summed E-state index contributed by atoms with van der Waals surface area (Å²) in [4.78, 5) is 24.0. The molecular weight excluding hydrogens is 220 g/mol. The molecule has 1 atom stereocenters. The van der Waals surface area contributed by atoms with Gasteiger partial charge in [0.15, 0.2) is 0 Å². The summed E-state index contributed by atoms with van der Waals surface area (Å²) >= 11 is 0. The average Bonchev–Trinajstić information content (AvgIpc) is 2.72. The third-order valence-corrected chi connectivity index (χ3v) is 2.96. The van der Waals surface area contributed by atoms with Crippen LogP contribution in [0.2, 0.25) is 0 Å². The minimum atomic E-state index is -0.917. The normalized spacial score (nSPS) is 19.7. The van der Waals surface area contributed by atoms with Gasteiger partial charge in [-0.2, -0.15) is 0 Å². The number of nitrogens with two attached hydrogens (primary N) is 1. The van der Waals surface area contributed by atoms with E-state index < -0.39 is 11.9 Å². The predicted octanol–water partition coefficient (Wildman–Crippen LogP) is 0.583. The molecule has 1 heterocycles. The van der Waals surface area contributed by atoms with Crippen LogP contribution in [0, 0.1) is 5.92 Å². The fraction of sp³-hybridized carbons (Fsp3) is 0.333. The summed E-state index contributed by atoms with van der Waals surface area (Å²) in [5.41, 5.74) is 7.20. The first-order chi connectivity index (χ1) is 8.11. The first-order valence-electron chi connectivity index (χ1n) is 5.44. The van der Waals surface area contributed by atoms with Gasteiger partial charge in [0.2, 0.25) is 5.91 Å². The Morgan fingerprint density at radius 3 is 2.53 bits per heavy atom. The average molecular weight is 234 g/mol. The van der Waals surface area contributed by atoms with Gasteiger partial charge in [-0.15, -0.1) is 0 Å². The Hall–Kier alpha value is -1.88. The molecule has 2 rings (SSSR count). The zero-order valence-corrected chi connectivity index (χ0v) is 9.30. The minimum Gasteiger partial charge on any atom is -0.481 e. The van der Waals surface area contributed by atoms with Crippen molar-refractivity contribution in [2.45, 2.75) is 13.0 Å². The van der Waals surface area contributed by atoms with Crippen molar-refractivity contribution in [3.05, 3.63) is 29.8 Å². The van der Waals surface area contributed by atoms with E-state index in [1.54, 1.807) is 12.1 Å². The van der Waals surface area contributed by atoms with Crippen molar-refractivity contribution < 1.29 is 14.7 Å². The molecule has 0 aromatic heterocycles. The van der Waals surface area contributed by atoms with E-state index in [-0.39, 0.29) is 18.9 Å². The van der Waals surface area contributed by atoms with E-state index in [2.05, 4.69) is 0 Å². The highest BCUT2D eigenvalue weighted by Gasteiger charge is 2.34. The number of hydrogen-bond donors (Lipinski definition) is 2. The molecule has 0 spiro atoms. The van der Waals surface area contributed by atoms with Crippen molar-refractivity contribution in [2.24, 2.45) is 11.7 Å². The molecule has 0 radical (unpaired) electrons. The summed E-state index contributed by atoms with van der Waals surface area (Å²) in [6, 6.07) is 7.28. The number of carboxylic acid groups (broad SMARTS) is 1. The fourth-order valence-corrected chi connectivity index (χ4v) is 1.93. The number of aliphatic carboxylic acids is 1. The fourth-order valence-electron chi connectivity index (χ4n) is 1.93. The third-order valence-electron chi connectivity index (χ3n) is 2.96. The van der Waals surface area contributed by atoms with Gasteiger partial charge in [-0.25, -0.2) is 0 Å². The standard InChI is InChI=1S/C12H14N2O3/c13-6-8-1-3-10(4-2-8)14-7-9(12(16)17)5-11(14)15/h1-4,9H,5-7,13H2,(H,16,17). The van der Waals surface area contributed by atoms with Gasteiger partial charge in [0.05, 0.1) is 5.92 Å². The zero-order chi connectivity index (χ0) is 12.4. The maximum Gasteiger partial charge on any atom is 0.308 e. The van der Waals surface area contributed by atoms with Crippen LogP contribution in [-0.2, 0) is 16.1 Å². The van der Waals surface area contributed by atoms with Crippen LogP contribution in [0.25, 0.3) is 0 Å². The highest BCUT2D eigenvalue weighted by molar-refractivity contribution is 5.99. The van der Waals surface area contributed by atoms with Crippen molar-refractivity contribution in [1.29, 1.82) is 0 Å². The minimum absolute atomic E-state index is 0.0774. The van der Waals surface area contributed by atoms with Crippen LogP contribution in [0.5, 0.6) is 0 Å². The molecule has 0 bridgehead atoms. The molecule has 0 saturated carbocycles. The quantitative estimate of drug-likeness (QED) is 0.801. The Morgan fingerprint density at radius 1 is 1.41 bits per heavy atom. The summed E-state index contributed by atoms with van der Waals surface area (Å²) in [7, 11) is 0. The van der Waals surface area contributed by atoms with Gasteiger partial charge in [-0.05, 0) is 17.7 Å². The molecule has 1 unspecified atom stereocenters. The first kappa shape index (κ1) is 11.6. The highest BCUT2D eigenvalue weighted by Crippen LogP contribution is 2.25. The summed E-state index contributed by atoms with van der Waals surface area (Å²) in [5.74, 6) is -1.66. The monoisotopic (exact) mass is 234 g/mol. The molecule has 1 saturated heterocycles. The van der Waals surface area contributed by atoms with E-state index in [1.165, 1.54) is 4.90 Å². The second-order valence-electron chi connectivity index (χ2n) is 4.11. The lowest BCUT2D eigenvalue weighted by atomic mass is 10.1. The van der Waals surface area contributed by atoms with Gasteiger partial charge >= 0.3 is 5.97 Å². The topological polar surface area (TPSA) is 83.6 Å². The van der Waals surface area contributed by atoms with E-state index in [0.29, 0.717) is 6.54 Å². The lowest BCUT2D eigenvalue weighted by molar-refractivity contribution is -0.141. The van der Waals surface area contributed by atoms with Crippen LogP contribution in [0.15, 0.2) is 24.3 Å². The molecule has 17 heavy (non-hydrogen) atoms. The van der Waals surface area contributed by atoms with Gasteiger partial charge in [-0.3, -0.25) is 9.59 Å². The van der Waals surface area contributed by atoms with Crippen molar-refractivity contribution in [3.8, 4) is 0 Å². The summed E-state index contributed by atoms with van der Waals surface area (Å²) in [5, 5.41) is 8.88. The number of carboxylic acids is 1. The molecule has 90 valence electrons. The van der Waals surface area contributed by atoms with Crippen LogP contribution in [-0.4, -0.2) is 23.5 Å². The van der Waals surface area contributed by atoms with Crippen molar-refractivity contribution in [1.82, 2.24) is 0 Å². The molecule has 1 fully saturated rings. The van der Waals surface area contributed by atoms with E-state index >= 15 is 0 Å². The Labute approximate surface area is 98.8 Å². The summed E-state index contributed by atoms with van der Waals surface area (Å²) < 4.78 is 0. The van der Waals surface area contributed by atoms with Crippen LogP contribution < -0.4 is 10.6 Å². The van der Waals surface area contributed by atoms with Crippen molar-refractivity contribution in [3.63, 3.8) is 0 Å². The second-order valence-corrected chi connectivity index (χ2v) is 4.11. The maximum absolute atomic E-state index is 11.7. The predicted molar refractivity (Wildman–Crippen MR) is 62.4 cm³/mol. The van der Waals surface area contributed by atoms with Crippen LogP contribution in [0.4, 0.5) is 5.69 Å². The molecule has 1 aliphatic heterocycles. The second kappa shape index (κ2) is 4.55. The molecule has 1 aromatic carbocycles. The Bertz CT molecular complexity index is 442. The SMILES string of the molecule is NCc1ccc(N2CC(C(=O)O)CC2=O)cc1. The summed E-state index contributed by atoms with van der Waals surface area (Å²) in [6.07, 6.45) is 0.0774. The summed E-state index contributed by atoms with van der Waals surface area (Å²) in [6.45, 7) is 0.697. The van der Waals surface area contributed by atoms with E-state index in [9.17, 15) is 9.59 Å². The molecule has 1 aliphatic rings. The number of benzene rings is 1. The Morgan fingerprint density at radius 2 is 2.06 bits per heavy atom. The van der Waals surface area contributed by atoms with Crippen molar-refractivity contribution >= 4 is 17.6 Å². The maximum atomic E-state index is 11.7. The van der Waals surface area contributed by atoms with Gasteiger partial charge in [0.25, 0.3) is 0 Å². The molecular formula is C12H14N2O3. The van der Waals surface area contributed by atoms with Gasteiger partial charge in [-0.1, -0.05) is 12.1 Å². The molecule has 5 nitrogen and oxygen atoms in total. The Kier molecular flexibility index (Phi) is 3.10. The molecule has 1 amide bonds. The van der Waals surface area contributed by atoms with Crippen molar-refractivity contribution in [2.75, 3.05) is 11.4 Å². The van der Waals surface area contributed by atoms with Gasteiger partial charge < -0.3 is 15.7 Å². The largest absolute Gasteiger partial charge is 0.481 e. The highest BCUT2D eigenvalue weighted by atomic mass is 16.4. The van der Waals surface area contributed by atoms with Gasteiger partial charge in [0, 0.05) is 25.2 Å².